The number of nitrogens with zero attached hydrogens (tertiary/aromatic N) is 1. The van der Waals surface area contributed by atoms with Crippen LogP contribution >= 0.6 is 0 Å². The molecule has 0 saturated carbocycles. The van der Waals surface area contributed by atoms with E-state index in [1.165, 1.54) is 0 Å². The monoisotopic (exact) mass is 252 g/mol. The molecule has 0 radical (unpaired) electrons. The van der Waals surface area contributed by atoms with Crippen LogP contribution in [0.2, 0.25) is 0 Å². The van der Waals surface area contributed by atoms with Gasteiger partial charge in [-0.15, -0.1) is 0 Å². The summed E-state index contributed by atoms with van der Waals surface area (Å²) in [4.78, 5) is 13.5. The van der Waals surface area contributed by atoms with Crippen LogP contribution in [0.15, 0.2) is 0 Å². The van der Waals surface area contributed by atoms with E-state index in [9.17, 15) is 18.0 Å². The van der Waals surface area contributed by atoms with Gasteiger partial charge in [0.25, 0.3) is 0 Å². The largest absolute Gasteiger partial charge is 0.405 e. The molecule has 0 spiro atoms. The van der Waals surface area contributed by atoms with Crippen LogP contribution in [0.3, 0.4) is 0 Å². The minimum atomic E-state index is -4.34. The molecule has 1 heterocycles. The van der Waals surface area contributed by atoms with Crippen molar-refractivity contribution in [2.45, 2.75) is 38.9 Å². The van der Waals surface area contributed by atoms with Gasteiger partial charge in [-0.3, -0.25) is 9.69 Å². The van der Waals surface area contributed by atoms with Crippen LogP contribution in [-0.4, -0.2) is 42.7 Å². The van der Waals surface area contributed by atoms with E-state index in [4.69, 9.17) is 0 Å². The summed E-state index contributed by atoms with van der Waals surface area (Å²) in [6, 6.07) is -0.482. The Morgan fingerprint density at radius 2 is 1.94 bits per heavy atom. The molecular formula is C11H19F3N2O. The summed E-state index contributed by atoms with van der Waals surface area (Å²) in [6.45, 7) is 4.11. The number of hydrogen-bond donors (Lipinski definition) is 1. The third-order valence-electron chi connectivity index (χ3n) is 3.21. The Kier molecular flexibility index (Phi) is 4.80. The summed E-state index contributed by atoms with van der Waals surface area (Å²) in [7, 11) is 0. The zero-order valence-corrected chi connectivity index (χ0v) is 10.2. The first-order chi connectivity index (χ1) is 7.79. The Morgan fingerprint density at radius 1 is 1.41 bits per heavy atom. The van der Waals surface area contributed by atoms with Crippen LogP contribution in [0.1, 0.15) is 26.7 Å². The summed E-state index contributed by atoms with van der Waals surface area (Å²) in [5.74, 6) is 0.0913. The van der Waals surface area contributed by atoms with Gasteiger partial charge in [-0.25, -0.2) is 0 Å². The highest BCUT2D eigenvalue weighted by Crippen LogP contribution is 2.18. The normalized spacial score (nSPS) is 21.2. The number of carbonyl (C=O) groups is 1. The number of alkyl halides is 3. The van der Waals surface area contributed by atoms with Crippen molar-refractivity contribution in [1.29, 1.82) is 0 Å². The molecule has 1 amide bonds. The summed E-state index contributed by atoms with van der Waals surface area (Å²) < 4.78 is 35.8. The smallest absolute Gasteiger partial charge is 0.346 e. The molecule has 1 fully saturated rings. The van der Waals surface area contributed by atoms with Crippen LogP contribution in [0, 0.1) is 5.92 Å². The average Bonchev–Trinajstić information content (AvgIpc) is 2.25. The van der Waals surface area contributed by atoms with E-state index in [2.05, 4.69) is 6.92 Å². The highest BCUT2D eigenvalue weighted by atomic mass is 19.4. The Balaban J connectivity index is 2.36. The van der Waals surface area contributed by atoms with Crippen molar-refractivity contribution in [3.8, 4) is 0 Å². The summed E-state index contributed by atoms with van der Waals surface area (Å²) >= 11 is 0. The maximum absolute atomic E-state index is 11.9. The van der Waals surface area contributed by atoms with Crippen molar-refractivity contribution < 1.29 is 18.0 Å². The molecule has 1 aliphatic heterocycles. The van der Waals surface area contributed by atoms with E-state index < -0.39 is 24.7 Å². The first kappa shape index (κ1) is 14.3. The predicted molar refractivity (Wildman–Crippen MR) is 58.5 cm³/mol. The van der Waals surface area contributed by atoms with Crippen molar-refractivity contribution in [2.24, 2.45) is 5.92 Å². The van der Waals surface area contributed by atoms with E-state index >= 15 is 0 Å². The highest BCUT2D eigenvalue weighted by molar-refractivity contribution is 5.81. The highest BCUT2D eigenvalue weighted by Gasteiger charge is 2.30. The van der Waals surface area contributed by atoms with Gasteiger partial charge < -0.3 is 5.32 Å². The maximum atomic E-state index is 11.9. The van der Waals surface area contributed by atoms with Gasteiger partial charge in [-0.05, 0) is 38.8 Å². The molecular weight excluding hydrogens is 233 g/mol. The second kappa shape index (κ2) is 5.71. The third-order valence-corrected chi connectivity index (χ3v) is 3.21. The predicted octanol–water partition coefficient (Wildman–Crippen LogP) is 1.79. The zero-order valence-electron chi connectivity index (χ0n) is 10.2. The molecule has 6 heteroatoms. The molecule has 100 valence electrons. The zero-order chi connectivity index (χ0) is 13.1. The van der Waals surface area contributed by atoms with Gasteiger partial charge in [0.2, 0.25) is 5.91 Å². The molecule has 1 unspecified atom stereocenters. The van der Waals surface area contributed by atoms with Crippen molar-refractivity contribution in [2.75, 3.05) is 19.6 Å². The van der Waals surface area contributed by atoms with Crippen molar-refractivity contribution in [3.05, 3.63) is 0 Å². The summed E-state index contributed by atoms with van der Waals surface area (Å²) in [5, 5.41) is 1.93. The fourth-order valence-electron chi connectivity index (χ4n) is 1.92. The standard InChI is InChI=1S/C11H19F3N2O/c1-8-3-5-16(6-4-8)9(2)10(17)15-7-11(12,13)14/h8-9H,3-7H2,1-2H3,(H,15,17). The van der Waals surface area contributed by atoms with E-state index in [1.807, 2.05) is 10.2 Å². The van der Waals surface area contributed by atoms with E-state index in [0.717, 1.165) is 25.9 Å². The molecule has 1 saturated heterocycles. The number of carbonyl (C=O) groups excluding carboxylic acids is 1. The van der Waals surface area contributed by atoms with Crippen molar-refractivity contribution in [1.82, 2.24) is 10.2 Å². The van der Waals surface area contributed by atoms with Crippen molar-refractivity contribution >= 4 is 5.91 Å². The topological polar surface area (TPSA) is 32.3 Å². The van der Waals surface area contributed by atoms with E-state index in [1.54, 1.807) is 6.92 Å². The molecule has 0 bridgehead atoms. The lowest BCUT2D eigenvalue weighted by atomic mass is 9.98. The Labute approximate surface area is 99.4 Å². The number of nitrogens with one attached hydrogen (secondary N) is 1. The number of rotatable bonds is 3. The lowest BCUT2D eigenvalue weighted by molar-refractivity contribution is -0.141. The third kappa shape index (κ3) is 4.93. The van der Waals surface area contributed by atoms with E-state index in [0.29, 0.717) is 5.92 Å². The van der Waals surface area contributed by atoms with Crippen molar-refractivity contribution in [3.63, 3.8) is 0 Å². The fourth-order valence-corrected chi connectivity index (χ4v) is 1.92. The van der Waals surface area contributed by atoms with E-state index in [-0.39, 0.29) is 0 Å². The molecule has 0 aromatic rings. The summed E-state index contributed by atoms with van der Waals surface area (Å²) in [6.07, 6.45) is -2.35. The molecule has 0 aromatic heterocycles. The molecule has 0 aromatic carbocycles. The molecule has 1 aliphatic rings. The first-order valence-electron chi connectivity index (χ1n) is 5.88. The SMILES string of the molecule is CC1CCN(C(C)C(=O)NCC(F)(F)F)CC1. The van der Waals surface area contributed by atoms with Gasteiger partial charge in [-0.1, -0.05) is 6.92 Å². The first-order valence-corrected chi connectivity index (χ1v) is 5.88. The lowest BCUT2D eigenvalue weighted by Gasteiger charge is -2.34. The van der Waals surface area contributed by atoms with Gasteiger partial charge in [0.05, 0.1) is 6.04 Å². The molecule has 17 heavy (non-hydrogen) atoms. The van der Waals surface area contributed by atoms with Gasteiger partial charge in [0.1, 0.15) is 6.54 Å². The second-order valence-corrected chi connectivity index (χ2v) is 4.73. The van der Waals surface area contributed by atoms with Crippen LogP contribution in [0.25, 0.3) is 0 Å². The van der Waals surface area contributed by atoms with Crippen LogP contribution in [0.4, 0.5) is 13.2 Å². The molecule has 3 nitrogen and oxygen atoms in total. The molecule has 0 aliphatic carbocycles. The average molecular weight is 252 g/mol. The second-order valence-electron chi connectivity index (χ2n) is 4.73. The van der Waals surface area contributed by atoms with Gasteiger partial charge in [0, 0.05) is 0 Å². The number of likely N-dealkylation sites (tertiary alicyclic amines) is 1. The lowest BCUT2D eigenvalue weighted by Crippen LogP contribution is -2.49. The fraction of sp³-hybridized carbons (Fsp3) is 0.909. The number of hydrogen-bond acceptors (Lipinski definition) is 2. The summed E-state index contributed by atoms with van der Waals surface area (Å²) in [5.41, 5.74) is 0. The Morgan fingerprint density at radius 3 is 2.41 bits per heavy atom. The number of piperidine rings is 1. The minimum Gasteiger partial charge on any atom is -0.346 e. The maximum Gasteiger partial charge on any atom is 0.405 e. The van der Waals surface area contributed by atoms with Gasteiger partial charge in [0.15, 0.2) is 0 Å². The quantitative estimate of drug-likeness (QED) is 0.830. The molecule has 1 N–H and O–H groups in total. The molecule has 1 atom stereocenters. The van der Waals surface area contributed by atoms with Gasteiger partial charge in [-0.2, -0.15) is 13.2 Å². The van der Waals surface area contributed by atoms with Gasteiger partial charge >= 0.3 is 6.18 Å². The Hall–Kier alpha value is -0.780. The molecule has 1 rings (SSSR count). The van der Waals surface area contributed by atoms with Crippen LogP contribution in [-0.2, 0) is 4.79 Å². The minimum absolute atomic E-state index is 0.482. The Bertz CT molecular complexity index is 260. The van der Waals surface area contributed by atoms with Crippen LogP contribution < -0.4 is 5.32 Å². The number of amides is 1. The number of halogens is 3. The van der Waals surface area contributed by atoms with Crippen LogP contribution in [0.5, 0.6) is 0 Å².